The largest absolute Gasteiger partial charge is 0.332 e. The quantitative estimate of drug-likeness (QED) is 0.817. The van der Waals surface area contributed by atoms with E-state index in [9.17, 15) is 18.8 Å². The number of amides is 3. The van der Waals surface area contributed by atoms with Gasteiger partial charge in [-0.1, -0.05) is 0 Å². The highest BCUT2D eigenvalue weighted by atomic mass is 19.1. The number of halogens is 1. The summed E-state index contributed by atoms with van der Waals surface area (Å²) in [4.78, 5) is 37.0. The van der Waals surface area contributed by atoms with Crippen molar-refractivity contribution in [3.63, 3.8) is 0 Å². The van der Waals surface area contributed by atoms with Gasteiger partial charge in [0.2, 0.25) is 11.8 Å². The SMILES string of the molecule is CN(CC(=O)Nc1ccc(F)cc1)C(=O)c1ccc(NC(=O)CC#N)cc1. The van der Waals surface area contributed by atoms with Gasteiger partial charge in [-0.25, -0.2) is 4.39 Å². The molecule has 2 N–H and O–H groups in total. The van der Waals surface area contributed by atoms with Crippen molar-refractivity contribution < 1.29 is 18.8 Å². The van der Waals surface area contributed by atoms with Crippen LogP contribution < -0.4 is 10.6 Å². The Kier molecular flexibility index (Phi) is 6.61. The third-order valence-electron chi connectivity index (χ3n) is 3.51. The lowest BCUT2D eigenvalue weighted by atomic mass is 10.2. The number of carbonyl (C=O) groups is 3. The second-order valence-electron chi connectivity index (χ2n) is 5.68. The number of likely N-dealkylation sites (N-methyl/N-ethyl adjacent to an activating group) is 1. The van der Waals surface area contributed by atoms with E-state index < -0.39 is 17.6 Å². The Labute approximate surface area is 155 Å². The maximum Gasteiger partial charge on any atom is 0.254 e. The van der Waals surface area contributed by atoms with Crippen LogP contribution in [0.15, 0.2) is 48.5 Å². The number of anilines is 2. The molecule has 0 aliphatic carbocycles. The van der Waals surface area contributed by atoms with E-state index in [1.165, 1.54) is 60.5 Å². The van der Waals surface area contributed by atoms with Gasteiger partial charge in [-0.05, 0) is 48.5 Å². The normalized spacial score (nSPS) is 9.81. The molecule has 0 aromatic heterocycles. The zero-order chi connectivity index (χ0) is 19.8. The van der Waals surface area contributed by atoms with Crippen LogP contribution in [0.4, 0.5) is 15.8 Å². The smallest absolute Gasteiger partial charge is 0.254 e. The number of nitrogens with one attached hydrogen (secondary N) is 2. The average molecular weight is 368 g/mol. The second-order valence-corrected chi connectivity index (χ2v) is 5.68. The molecule has 0 radical (unpaired) electrons. The molecule has 0 bridgehead atoms. The molecule has 0 aliphatic rings. The summed E-state index contributed by atoms with van der Waals surface area (Å²) in [5.74, 6) is -1.64. The Hall–Kier alpha value is -3.73. The lowest BCUT2D eigenvalue weighted by Gasteiger charge is -2.17. The Morgan fingerprint density at radius 3 is 2.04 bits per heavy atom. The first-order chi connectivity index (χ1) is 12.9. The maximum atomic E-state index is 12.9. The van der Waals surface area contributed by atoms with Crippen LogP contribution in [-0.4, -0.2) is 36.2 Å². The van der Waals surface area contributed by atoms with Crippen molar-refractivity contribution >= 4 is 29.1 Å². The average Bonchev–Trinajstić information content (AvgIpc) is 2.63. The predicted octanol–water partition coefficient (Wildman–Crippen LogP) is 2.39. The number of rotatable bonds is 6. The Morgan fingerprint density at radius 1 is 0.963 bits per heavy atom. The first-order valence-corrected chi connectivity index (χ1v) is 7.97. The van der Waals surface area contributed by atoms with E-state index in [1.54, 1.807) is 6.07 Å². The van der Waals surface area contributed by atoms with Crippen LogP contribution in [0.2, 0.25) is 0 Å². The van der Waals surface area contributed by atoms with E-state index in [0.717, 1.165) is 0 Å². The summed E-state index contributed by atoms with van der Waals surface area (Å²) in [6.07, 6.45) is -0.257. The summed E-state index contributed by atoms with van der Waals surface area (Å²) < 4.78 is 12.9. The van der Waals surface area contributed by atoms with E-state index >= 15 is 0 Å². The summed E-state index contributed by atoms with van der Waals surface area (Å²) in [6, 6.07) is 13.1. The molecular formula is C19H17FN4O3. The summed E-state index contributed by atoms with van der Waals surface area (Å²) in [6.45, 7) is -0.184. The van der Waals surface area contributed by atoms with Gasteiger partial charge in [0, 0.05) is 24.0 Å². The Balaban J connectivity index is 1.92. The van der Waals surface area contributed by atoms with Gasteiger partial charge in [0.05, 0.1) is 12.6 Å². The summed E-state index contributed by atoms with van der Waals surface area (Å²) in [5.41, 5.74) is 1.23. The molecule has 2 aromatic rings. The van der Waals surface area contributed by atoms with Gasteiger partial charge in [0.25, 0.3) is 5.91 Å². The van der Waals surface area contributed by atoms with Crippen LogP contribution in [0, 0.1) is 17.1 Å². The van der Waals surface area contributed by atoms with Crippen LogP contribution in [0.5, 0.6) is 0 Å². The van der Waals surface area contributed by atoms with E-state index in [-0.39, 0.29) is 18.9 Å². The minimum absolute atomic E-state index is 0.184. The van der Waals surface area contributed by atoms with Crippen molar-refractivity contribution in [1.82, 2.24) is 4.90 Å². The molecule has 2 aromatic carbocycles. The highest BCUT2D eigenvalue weighted by Crippen LogP contribution is 2.12. The maximum absolute atomic E-state index is 12.9. The van der Waals surface area contributed by atoms with E-state index in [2.05, 4.69) is 10.6 Å². The first kappa shape index (κ1) is 19.6. The molecule has 0 heterocycles. The summed E-state index contributed by atoms with van der Waals surface area (Å²) in [7, 11) is 1.48. The molecule has 8 heteroatoms. The number of hydrogen-bond donors (Lipinski definition) is 2. The Bertz CT molecular complexity index is 873. The van der Waals surface area contributed by atoms with Gasteiger partial charge < -0.3 is 15.5 Å². The van der Waals surface area contributed by atoms with Crippen molar-refractivity contribution in [2.45, 2.75) is 6.42 Å². The fourth-order valence-electron chi connectivity index (χ4n) is 2.21. The highest BCUT2D eigenvalue weighted by molar-refractivity contribution is 5.99. The number of benzene rings is 2. The molecule has 138 valence electrons. The van der Waals surface area contributed by atoms with Gasteiger partial charge in [0.1, 0.15) is 12.2 Å². The lowest BCUT2D eigenvalue weighted by Crippen LogP contribution is -2.34. The minimum Gasteiger partial charge on any atom is -0.332 e. The Morgan fingerprint density at radius 2 is 1.48 bits per heavy atom. The molecule has 0 fully saturated rings. The molecule has 0 spiro atoms. The van der Waals surface area contributed by atoms with Gasteiger partial charge in [0.15, 0.2) is 0 Å². The van der Waals surface area contributed by atoms with Crippen LogP contribution >= 0.6 is 0 Å². The van der Waals surface area contributed by atoms with Crippen LogP contribution in [-0.2, 0) is 9.59 Å². The second kappa shape index (κ2) is 9.10. The third kappa shape index (κ3) is 5.93. The van der Waals surface area contributed by atoms with Crippen LogP contribution in [0.3, 0.4) is 0 Å². The van der Waals surface area contributed by atoms with Crippen molar-refractivity contribution in [3.05, 3.63) is 59.9 Å². The molecule has 3 amide bonds. The molecule has 0 saturated carbocycles. The van der Waals surface area contributed by atoms with Crippen molar-refractivity contribution in [1.29, 1.82) is 5.26 Å². The summed E-state index contributed by atoms with van der Waals surface area (Å²) in [5, 5.41) is 13.6. The number of hydrogen-bond acceptors (Lipinski definition) is 4. The topological polar surface area (TPSA) is 102 Å². The molecule has 0 aliphatic heterocycles. The fourth-order valence-corrected chi connectivity index (χ4v) is 2.21. The summed E-state index contributed by atoms with van der Waals surface area (Å²) >= 11 is 0. The number of carbonyl (C=O) groups excluding carboxylic acids is 3. The molecule has 2 rings (SSSR count). The predicted molar refractivity (Wildman–Crippen MR) is 97.3 cm³/mol. The van der Waals surface area contributed by atoms with Crippen molar-refractivity contribution in [2.24, 2.45) is 0 Å². The molecule has 0 atom stereocenters. The molecule has 7 nitrogen and oxygen atoms in total. The minimum atomic E-state index is -0.439. The number of nitrogens with zero attached hydrogens (tertiary/aromatic N) is 2. The van der Waals surface area contributed by atoms with Gasteiger partial charge >= 0.3 is 0 Å². The van der Waals surface area contributed by atoms with E-state index in [4.69, 9.17) is 5.26 Å². The third-order valence-corrected chi connectivity index (χ3v) is 3.51. The molecular weight excluding hydrogens is 351 g/mol. The van der Waals surface area contributed by atoms with Crippen LogP contribution in [0.25, 0.3) is 0 Å². The van der Waals surface area contributed by atoms with Gasteiger partial charge in [-0.3, -0.25) is 14.4 Å². The van der Waals surface area contributed by atoms with Crippen molar-refractivity contribution in [2.75, 3.05) is 24.2 Å². The zero-order valence-electron chi connectivity index (χ0n) is 14.5. The fraction of sp³-hybridized carbons (Fsp3) is 0.158. The molecule has 0 unspecified atom stereocenters. The van der Waals surface area contributed by atoms with Crippen molar-refractivity contribution in [3.8, 4) is 6.07 Å². The first-order valence-electron chi connectivity index (χ1n) is 7.97. The lowest BCUT2D eigenvalue weighted by molar-refractivity contribution is -0.117. The van der Waals surface area contributed by atoms with E-state index in [1.807, 2.05) is 0 Å². The monoisotopic (exact) mass is 368 g/mol. The number of nitriles is 1. The standard InChI is InChI=1S/C19H17FN4O3/c1-24(12-18(26)23-16-8-4-14(20)5-9-16)19(27)13-2-6-15(7-3-13)22-17(25)10-11-21/h2-9H,10,12H2,1H3,(H,22,25)(H,23,26). The van der Waals surface area contributed by atoms with Gasteiger partial charge in [-0.15, -0.1) is 0 Å². The zero-order valence-corrected chi connectivity index (χ0v) is 14.5. The van der Waals surface area contributed by atoms with Crippen LogP contribution in [0.1, 0.15) is 16.8 Å². The molecule has 0 saturated heterocycles. The van der Waals surface area contributed by atoms with E-state index in [0.29, 0.717) is 16.9 Å². The molecule has 27 heavy (non-hydrogen) atoms. The van der Waals surface area contributed by atoms with Gasteiger partial charge in [-0.2, -0.15) is 5.26 Å². The highest BCUT2D eigenvalue weighted by Gasteiger charge is 2.15.